The van der Waals surface area contributed by atoms with Crippen LogP contribution < -0.4 is 10.6 Å². The number of carbonyl (C=O) groups is 3. The largest absolute Gasteiger partial charge is 0.480 e. The lowest BCUT2D eigenvalue weighted by atomic mass is 10.0. The number of rotatable bonds is 9. The molecule has 0 saturated carbocycles. The predicted octanol–water partition coefficient (Wildman–Crippen LogP) is 2.33. The molecule has 0 aromatic heterocycles. The Balaban J connectivity index is 1.84. The van der Waals surface area contributed by atoms with Gasteiger partial charge in [-0.25, -0.2) is 4.79 Å². The zero-order valence-electron chi connectivity index (χ0n) is 16.1. The van der Waals surface area contributed by atoms with Gasteiger partial charge in [-0.2, -0.15) is 5.26 Å². The highest BCUT2D eigenvalue weighted by atomic mass is 16.4. The van der Waals surface area contributed by atoms with Gasteiger partial charge in [0.15, 0.2) is 0 Å². The van der Waals surface area contributed by atoms with E-state index in [-0.39, 0.29) is 31.2 Å². The molecular weight excluding hydrogens is 370 g/mol. The van der Waals surface area contributed by atoms with E-state index in [1.54, 1.807) is 24.3 Å². The summed E-state index contributed by atoms with van der Waals surface area (Å²) in [5.41, 5.74) is 2.00. The standard InChI is InChI=1S/C22H23N3O4/c1-15(18-8-3-2-4-9-18)24-20(26)10-11-21(27)25-19(22(28)29)13-16-6-5-7-17(12-16)14-23/h2-9,12,15,19H,10-11,13H2,1H3,(H,24,26)(H,25,27)(H,28,29)/t15-,19-/m1/s1. The average Bonchev–Trinajstić information content (AvgIpc) is 2.72. The number of carbonyl (C=O) groups excluding carboxylic acids is 2. The fourth-order valence-corrected chi connectivity index (χ4v) is 2.84. The van der Waals surface area contributed by atoms with Gasteiger partial charge in [-0.3, -0.25) is 9.59 Å². The normalized spacial score (nSPS) is 12.3. The van der Waals surface area contributed by atoms with Gasteiger partial charge in [0.25, 0.3) is 0 Å². The summed E-state index contributed by atoms with van der Waals surface area (Å²) in [5.74, 6) is -1.98. The fourth-order valence-electron chi connectivity index (χ4n) is 2.84. The number of benzene rings is 2. The fraction of sp³-hybridized carbons (Fsp3) is 0.273. The summed E-state index contributed by atoms with van der Waals surface area (Å²) in [6.45, 7) is 1.85. The van der Waals surface area contributed by atoms with Crippen molar-refractivity contribution in [3.05, 3.63) is 71.3 Å². The first-order valence-corrected chi connectivity index (χ1v) is 9.24. The summed E-state index contributed by atoms with van der Waals surface area (Å²) in [7, 11) is 0. The van der Waals surface area contributed by atoms with E-state index in [1.807, 2.05) is 43.3 Å². The van der Waals surface area contributed by atoms with Crippen molar-refractivity contribution in [1.82, 2.24) is 10.6 Å². The lowest BCUT2D eigenvalue weighted by Gasteiger charge is -2.16. The highest BCUT2D eigenvalue weighted by Crippen LogP contribution is 2.11. The molecule has 2 aromatic rings. The Hall–Kier alpha value is -3.66. The quantitative estimate of drug-likeness (QED) is 0.604. The monoisotopic (exact) mass is 393 g/mol. The van der Waals surface area contributed by atoms with Crippen LogP contribution in [0.3, 0.4) is 0 Å². The maximum Gasteiger partial charge on any atom is 0.326 e. The molecular formula is C22H23N3O4. The van der Waals surface area contributed by atoms with Crippen molar-refractivity contribution in [3.8, 4) is 6.07 Å². The maximum absolute atomic E-state index is 12.1. The second-order valence-electron chi connectivity index (χ2n) is 6.67. The van der Waals surface area contributed by atoms with Gasteiger partial charge in [-0.05, 0) is 30.2 Å². The summed E-state index contributed by atoms with van der Waals surface area (Å²) in [6, 6.07) is 16.7. The number of hydrogen-bond donors (Lipinski definition) is 3. The van der Waals surface area contributed by atoms with Crippen molar-refractivity contribution in [2.75, 3.05) is 0 Å². The molecule has 2 amide bonds. The van der Waals surface area contributed by atoms with E-state index in [2.05, 4.69) is 10.6 Å². The summed E-state index contributed by atoms with van der Waals surface area (Å²) in [4.78, 5) is 35.7. The lowest BCUT2D eigenvalue weighted by molar-refractivity contribution is -0.141. The van der Waals surface area contributed by atoms with E-state index in [9.17, 15) is 19.5 Å². The number of nitriles is 1. The molecule has 2 rings (SSSR count). The summed E-state index contributed by atoms with van der Waals surface area (Å²) in [6.07, 6.45) is -0.109. The number of carboxylic acid groups (broad SMARTS) is 1. The minimum absolute atomic E-state index is 0.0424. The van der Waals surface area contributed by atoms with Gasteiger partial charge in [0.2, 0.25) is 11.8 Å². The second-order valence-corrected chi connectivity index (χ2v) is 6.67. The van der Waals surface area contributed by atoms with Crippen molar-refractivity contribution in [2.24, 2.45) is 0 Å². The lowest BCUT2D eigenvalue weighted by Crippen LogP contribution is -2.42. The van der Waals surface area contributed by atoms with Crippen LogP contribution in [0.4, 0.5) is 0 Å². The molecule has 0 aliphatic heterocycles. The van der Waals surface area contributed by atoms with Crippen molar-refractivity contribution in [3.63, 3.8) is 0 Å². The Bertz CT molecular complexity index is 906. The molecule has 150 valence electrons. The molecule has 0 saturated heterocycles. The number of amides is 2. The van der Waals surface area contributed by atoms with E-state index < -0.39 is 17.9 Å². The molecule has 0 bridgehead atoms. The van der Waals surface area contributed by atoms with Gasteiger partial charge in [-0.1, -0.05) is 42.5 Å². The first kappa shape index (κ1) is 21.6. The van der Waals surface area contributed by atoms with Crippen LogP contribution in [0, 0.1) is 11.3 Å². The van der Waals surface area contributed by atoms with Gasteiger partial charge < -0.3 is 15.7 Å². The molecule has 0 aliphatic rings. The van der Waals surface area contributed by atoms with Crippen LogP contribution in [-0.2, 0) is 20.8 Å². The maximum atomic E-state index is 12.1. The van der Waals surface area contributed by atoms with E-state index in [4.69, 9.17) is 5.26 Å². The Morgan fingerprint density at radius 3 is 2.28 bits per heavy atom. The number of aliphatic carboxylic acids is 1. The third-order valence-corrected chi connectivity index (χ3v) is 4.39. The van der Waals surface area contributed by atoms with Crippen LogP contribution in [-0.4, -0.2) is 28.9 Å². The third kappa shape index (κ3) is 7.11. The molecule has 7 heteroatoms. The van der Waals surface area contributed by atoms with E-state index >= 15 is 0 Å². The van der Waals surface area contributed by atoms with Gasteiger partial charge in [0, 0.05) is 19.3 Å². The zero-order chi connectivity index (χ0) is 21.2. The van der Waals surface area contributed by atoms with Gasteiger partial charge in [0.05, 0.1) is 17.7 Å². The van der Waals surface area contributed by atoms with Gasteiger partial charge in [0.1, 0.15) is 6.04 Å². The highest BCUT2D eigenvalue weighted by Gasteiger charge is 2.21. The Morgan fingerprint density at radius 2 is 1.66 bits per heavy atom. The Morgan fingerprint density at radius 1 is 1.00 bits per heavy atom. The second kappa shape index (κ2) is 10.6. The minimum Gasteiger partial charge on any atom is -0.480 e. The third-order valence-electron chi connectivity index (χ3n) is 4.39. The van der Waals surface area contributed by atoms with Crippen LogP contribution in [0.25, 0.3) is 0 Å². The molecule has 29 heavy (non-hydrogen) atoms. The van der Waals surface area contributed by atoms with Crippen molar-refractivity contribution in [2.45, 2.75) is 38.3 Å². The van der Waals surface area contributed by atoms with E-state index in [0.717, 1.165) is 5.56 Å². The summed E-state index contributed by atoms with van der Waals surface area (Å²) >= 11 is 0. The zero-order valence-corrected chi connectivity index (χ0v) is 16.1. The highest BCUT2D eigenvalue weighted by molar-refractivity contribution is 5.87. The smallest absolute Gasteiger partial charge is 0.326 e. The Kier molecular flexibility index (Phi) is 7.92. The number of carboxylic acids is 1. The Labute approximate surface area is 169 Å². The molecule has 3 N–H and O–H groups in total. The van der Waals surface area contributed by atoms with Crippen LogP contribution in [0.5, 0.6) is 0 Å². The predicted molar refractivity (Wildman–Crippen MR) is 107 cm³/mol. The molecule has 7 nitrogen and oxygen atoms in total. The number of nitrogens with one attached hydrogen (secondary N) is 2. The molecule has 0 heterocycles. The van der Waals surface area contributed by atoms with Gasteiger partial charge >= 0.3 is 5.97 Å². The number of nitrogens with zero attached hydrogens (tertiary/aromatic N) is 1. The van der Waals surface area contributed by atoms with Crippen LogP contribution in [0.1, 0.15) is 42.5 Å². The van der Waals surface area contributed by atoms with Crippen LogP contribution >= 0.6 is 0 Å². The summed E-state index contributed by atoms with van der Waals surface area (Å²) < 4.78 is 0. The molecule has 0 fully saturated rings. The molecule has 2 aromatic carbocycles. The van der Waals surface area contributed by atoms with Gasteiger partial charge in [-0.15, -0.1) is 0 Å². The van der Waals surface area contributed by atoms with E-state index in [0.29, 0.717) is 11.1 Å². The minimum atomic E-state index is -1.18. The number of hydrogen-bond acceptors (Lipinski definition) is 4. The van der Waals surface area contributed by atoms with Crippen LogP contribution in [0.2, 0.25) is 0 Å². The van der Waals surface area contributed by atoms with E-state index in [1.165, 1.54) is 0 Å². The summed E-state index contributed by atoms with van der Waals surface area (Å²) in [5, 5.41) is 23.6. The molecule has 2 atom stereocenters. The first-order chi connectivity index (χ1) is 13.9. The molecule has 0 aliphatic carbocycles. The topological polar surface area (TPSA) is 119 Å². The van der Waals surface area contributed by atoms with Crippen molar-refractivity contribution < 1.29 is 19.5 Å². The van der Waals surface area contributed by atoms with Crippen molar-refractivity contribution in [1.29, 1.82) is 5.26 Å². The molecule has 0 unspecified atom stereocenters. The SMILES string of the molecule is C[C@@H](NC(=O)CCC(=O)N[C@H](Cc1cccc(C#N)c1)C(=O)O)c1ccccc1. The first-order valence-electron chi connectivity index (χ1n) is 9.24. The van der Waals surface area contributed by atoms with Crippen molar-refractivity contribution >= 4 is 17.8 Å². The molecule has 0 radical (unpaired) electrons. The average molecular weight is 393 g/mol. The molecule has 0 spiro atoms. The van der Waals surface area contributed by atoms with Crippen LogP contribution in [0.15, 0.2) is 54.6 Å².